The predicted octanol–water partition coefficient (Wildman–Crippen LogP) is 1.84. The van der Waals surface area contributed by atoms with E-state index in [2.05, 4.69) is 5.32 Å². The van der Waals surface area contributed by atoms with Gasteiger partial charge in [0, 0.05) is 6.04 Å². The average molecular weight is 252 g/mol. The largest absolute Gasteiger partial charge is 0.340 e. The molecule has 0 radical (unpaired) electrons. The molecule has 18 heavy (non-hydrogen) atoms. The van der Waals surface area contributed by atoms with E-state index in [1.165, 1.54) is 25.7 Å². The van der Waals surface area contributed by atoms with Crippen LogP contribution in [-0.2, 0) is 9.59 Å². The van der Waals surface area contributed by atoms with Gasteiger partial charge >= 0.3 is 0 Å². The summed E-state index contributed by atoms with van der Waals surface area (Å²) in [5, 5.41) is 2.85. The summed E-state index contributed by atoms with van der Waals surface area (Å²) in [4.78, 5) is 26.2. The highest BCUT2D eigenvalue weighted by atomic mass is 16.2. The molecule has 2 aliphatic rings. The van der Waals surface area contributed by atoms with Gasteiger partial charge in [-0.3, -0.25) is 9.59 Å². The van der Waals surface area contributed by atoms with Crippen LogP contribution in [0.3, 0.4) is 0 Å². The molecule has 1 N–H and O–H groups in total. The third kappa shape index (κ3) is 2.52. The minimum Gasteiger partial charge on any atom is -0.340 e. The Labute approximate surface area is 109 Å². The Hall–Kier alpha value is -1.06. The van der Waals surface area contributed by atoms with Gasteiger partial charge in [-0.15, -0.1) is 0 Å². The van der Waals surface area contributed by atoms with Gasteiger partial charge in [-0.2, -0.15) is 0 Å². The van der Waals surface area contributed by atoms with Gasteiger partial charge in [-0.1, -0.05) is 32.6 Å². The predicted molar refractivity (Wildman–Crippen MR) is 70.0 cm³/mol. The molecule has 1 heterocycles. The van der Waals surface area contributed by atoms with Crippen molar-refractivity contribution < 1.29 is 9.59 Å². The van der Waals surface area contributed by atoms with E-state index < -0.39 is 5.54 Å². The molecule has 2 fully saturated rings. The number of hydrogen-bond donors (Lipinski definition) is 1. The van der Waals surface area contributed by atoms with Crippen LogP contribution in [-0.4, -0.2) is 34.8 Å². The Bertz CT molecular complexity index is 335. The lowest BCUT2D eigenvalue weighted by Crippen LogP contribution is -2.66. The van der Waals surface area contributed by atoms with E-state index >= 15 is 0 Å². The maximum absolute atomic E-state index is 12.5. The lowest BCUT2D eigenvalue weighted by Gasteiger charge is -2.42. The second-order valence-corrected chi connectivity index (χ2v) is 5.81. The van der Waals surface area contributed by atoms with Gasteiger partial charge in [0.05, 0.1) is 6.54 Å². The standard InChI is InChI=1S/C14H24N2O2/c1-3-14(2)13(18)16(10-12(17)15-14)11-8-6-4-5-7-9-11/h11H,3-10H2,1-2H3,(H,15,17). The quantitative estimate of drug-likeness (QED) is 0.762. The lowest BCUT2D eigenvalue weighted by atomic mass is 9.92. The summed E-state index contributed by atoms with van der Waals surface area (Å²) >= 11 is 0. The number of hydrogen-bond acceptors (Lipinski definition) is 2. The highest BCUT2D eigenvalue weighted by Gasteiger charge is 2.43. The topological polar surface area (TPSA) is 49.4 Å². The van der Waals surface area contributed by atoms with Gasteiger partial charge in [0.2, 0.25) is 11.8 Å². The highest BCUT2D eigenvalue weighted by Crippen LogP contribution is 2.26. The van der Waals surface area contributed by atoms with Crippen molar-refractivity contribution >= 4 is 11.8 Å². The first-order valence-electron chi connectivity index (χ1n) is 7.19. The normalized spacial score (nSPS) is 31.1. The third-order valence-corrected chi connectivity index (χ3v) is 4.43. The van der Waals surface area contributed by atoms with Crippen molar-refractivity contribution in [1.29, 1.82) is 0 Å². The molecule has 2 rings (SSSR count). The van der Waals surface area contributed by atoms with Crippen molar-refractivity contribution in [2.24, 2.45) is 0 Å². The molecule has 0 aromatic heterocycles. The van der Waals surface area contributed by atoms with Crippen molar-refractivity contribution in [3.63, 3.8) is 0 Å². The molecular formula is C14H24N2O2. The zero-order valence-electron chi connectivity index (χ0n) is 11.5. The molecule has 1 saturated heterocycles. The minimum absolute atomic E-state index is 0.0109. The lowest BCUT2D eigenvalue weighted by molar-refractivity contribution is -0.152. The molecule has 0 aromatic carbocycles. The van der Waals surface area contributed by atoms with Crippen molar-refractivity contribution in [1.82, 2.24) is 10.2 Å². The number of nitrogens with zero attached hydrogens (tertiary/aromatic N) is 1. The molecule has 102 valence electrons. The fourth-order valence-corrected chi connectivity index (χ4v) is 3.05. The fourth-order valence-electron chi connectivity index (χ4n) is 3.05. The van der Waals surface area contributed by atoms with Gasteiger partial charge in [-0.25, -0.2) is 0 Å². The van der Waals surface area contributed by atoms with Crippen LogP contribution >= 0.6 is 0 Å². The second kappa shape index (κ2) is 5.29. The van der Waals surface area contributed by atoms with E-state index in [-0.39, 0.29) is 24.4 Å². The van der Waals surface area contributed by atoms with Crippen LogP contribution in [0.15, 0.2) is 0 Å². The zero-order valence-corrected chi connectivity index (χ0v) is 11.5. The van der Waals surface area contributed by atoms with Gasteiger partial charge in [0.15, 0.2) is 0 Å². The monoisotopic (exact) mass is 252 g/mol. The smallest absolute Gasteiger partial charge is 0.248 e. The summed E-state index contributed by atoms with van der Waals surface area (Å²) < 4.78 is 0. The Morgan fingerprint density at radius 1 is 1.22 bits per heavy atom. The summed E-state index contributed by atoms with van der Waals surface area (Å²) in [6.07, 6.45) is 7.64. The Kier molecular flexibility index (Phi) is 3.93. The number of nitrogens with one attached hydrogen (secondary N) is 1. The van der Waals surface area contributed by atoms with Gasteiger partial charge in [-0.05, 0) is 26.2 Å². The molecule has 0 spiro atoms. The molecule has 1 saturated carbocycles. The minimum atomic E-state index is -0.693. The molecule has 4 heteroatoms. The number of rotatable bonds is 2. The Morgan fingerprint density at radius 2 is 1.83 bits per heavy atom. The summed E-state index contributed by atoms with van der Waals surface area (Å²) in [5.41, 5.74) is -0.693. The van der Waals surface area contributed by atoms with Crippen LogP contribution < -0.4 is 5.32 Å². The molecule has 1 aliphatic carbocycles. The van der Waals surface area contributed by atoms with Crippen LogP contribution in [0.2, 0.25) is 0 Å². The van der Waals surface area contributed by atoms with Gasteiger partial charge in [0.25, 0.3) is 0 Å². The molecule has 4 nitrogen and oxygen atoms in total. The van der Waals surface area contributed by atoms with E-state index in [9.17, 15) is 9.59 Å². The number of carbonyl (C=O) groups is 2. The van der Waals surface area contributed by atoms with E-state index in [0.717, 1.165) is 12.8 Å². The molecule has 1 aliphatic heterocycles. The SMILES string of the molecule is CCC1(C)NC(=O)CN(C2CCCCCC2)C1=O. The molecule has 2 amide bonds. The van der Waals surface area contributed by atoms with E-state index in [1.807, 2.05) is 18.7 Å². The summed E-state index contributed by atoms with van der Waals surface area (Å²) in [7, 11) is 0. The van der Waals surface area contributed by atoms with Crippen molar-refractivity contribution in [3.05, 3.63) is 0 Å². The molecule has 0 bridgehead atoms. The first-order chi connectivity index (χ1) is 8.57. The number of piperazine rings is 1. The highest BCUT2D eigenvalue weighted by molar-refractivity contribution is 5.97. The number of carbonyl (C=O) groups excluding carboxylic acids is 2. The first-order valence-corrected chi connectivity index (χ1v) is 7.19. The maximum atomic E-state index is 12.5. The average Bonchev–Trinajstić information content (AvgIpc) is 2.62. The van der Waals surface area contributed by atoms with Gasteiger partial charge in [0.1, 0.15) is 5.54 Å². The van der Waals surface area contributed by atoms with Gasteiger partial charge < -0.3 is 10.2 Å². The Morgan fingerprint density at radius 3 is 2.39 bits per heavy atom. The first kappa shape index (κ1) is 13.4. The van der Waals surface area contributed by atoms with Crippen molar-refractivity contribution in [3.8, 4) is 0 Å². The molecular weight excluding hydrogens is 228 g/mol. The molecule has 0 aromatic rings. The number of amides is 2. The van der Waals surface area contributed by atoms with Crippen LogP contribution in [0.5, 0.6) is 0 Å². The molecule has 1 atom stereocenters. The summed E-state index contributed by atoms with van der Waals surface area (Å²) in [6, 6.07) is 0.275. The van der Waals surface area contributed by atoms with E-state index in [1.54, 1.807) is 0 Å². The van der Waals surface area contributed by atoms with Crippen LogP contribution in [0.4, 0.5) is 0 Å². The summed E-state index contributed by atoms with van der Waals surface area (Å²) in [6.45, 7) is 4.05. The van der Waals surface area contributed by atoms with E-state index in [4.69, 9.17) is 0 Å². The van der Waals surface area contributed by atoms with Crippen molar-refractivity contribution in [2.45, 2.75) is 70.4 Å². The van der Waals surface area contributed by atoms with E-state index in [0.29, 0.717) is 6.42 Å². The van der Waals surface area contributed by atoms with Crippen molar-refractivity contribution in [2.75, 3.05) is 6.54 Å². The second-order valence-electron chi connectivity index (χ2n) is 5.81. The Balaban J connectivity index is 2.15. The zero-order chi connectivity index (χ0) is 13.2. The fraction of sp³-hybridized carbons (Fsp3) is 0.857. The van der Waals surface area contributed by atoms with Crippen LogP contribution in [0.25, 0.3) is 0 Å². The molecule has 1 unspecified atom stereocenters. The third-order valence-electron chi connectivity index (χ3n) is 4.43. The summed E-state index contributed by atoms with van der Waals surface area (Å²) in [5.74, 6) is 0.0969. The maximum Gasteiger partial charge on any atom is 0.248 e. The van der Waals surface area contributed by atoms with Crippen LogP contribution in [0.1, 0.15) is 58.8 Å². The van der Waals surface area contributed by atoms with Crippen LogP contribution in [0, 0.1) is 0 Å².